The number of thiophene rings is 1. The highest BCUT2D eigenvalue weighted by Crippen LogP contribution is 2.40. The van der Waals surface area contributed by atoms with Crippen LogP contribution in [0.2, 0.25) is 0 Å². The number of nitrogens with zero attached hydrogens (tertiary/aromatic N) is 2. The number of aliphatic imine (C=N–C) groups is 1. The molecule has 0 saturated heterocycles. The first-order valence-electron chi connectivity index (χ1n) is 19.3. The molecule has 0 amide bonds. The van der Waals surface area contributed by atoms with Gasteiger partial charge in [-0.1, -0.05) is 115 Å². The number of aromatic nitrogens is 1. The molecule has 0 bridgehead atoms. The van der Waals surface area contributed by atoms with Gasteiger partial charge in [0.05, 0.1) is 11.0 Å². The summed E-state index contributed by atoms with van der Waals surface area (Å²) in [6, 6.07) is 65.0. The molecule has 0 saturated carbocycles. The monoisotopic (exact) mass is 750 g/mol. The van der Waals surface area contributed by atoms with Crippen LogP contribution in [0.5, 0.6) is 0 Å². The van der Waals surface area contributed by atoms with Gasteiger partial charge in [0.1, 0.15) is 29.3 Å². The predicted octanol–water partition coefficient (Wildman–Crippen LogP) is 13.1. The zero-order valence-corrected chi connectivity index (χ0v) is 31.5. The maximum absolute atomic E-state index is 6.65. The second-order valence-electron chi connectivity index (χ2n) is 14.8. The van der Waals surface area contributed by atoms with Crippen molar-refractivity contribution in [3.63, 3.8) is 0 Å². The van der Waals surface area contributed by atoms with Crippen LogP contribution in [0.4, 0.5) is 0 Å². The largest absolute Gasteiger partial charge is 0.456 e. The third-order valence-electron chi connectivity index (χ3n) is 11.5. The van der Waals surface area contributed by atoms with Crippen LogP contribution < -0.4 is 10.6 Å². The van der Waals surface area contributed by atoms with E-state index < -0.39 is 0 Å². The number of benzene rings is 8. The maximum atomic E-state index is 6.65. The fraction of sp³-hybridized carbons (Fsp3) is 0.0392. The van der Waals surface area contributed by atoms with Crippen molar-refractivity contribution in [2.45, 2.75) is 12.3 Å². The van der Waals surface area contributed by atoms with Crippen molar-refractivity contribution in [3.8, 4) is 16.8 Å². The van der Waals surface area contributed by atoms with Gasteiger partial charge >= 0.3 is 0 Å². The lowest BCUT2D eigenvalue weighted by molar-refractivity contribution is 0.409. The van der Waals surface area contributed by atoms with Crippen LogP contribution in [0.1, 0.15) is 29.0 Å². The summed E-state index contributed by atoms with van der Waals surface area (Å²) in [4.78, 5) is 5.11. The van der Waals surface area contributed by atoms with E-state index in [1.165, 1.54) is 47.5 Å². The second kappa shape index (κ2) is 12.8. The number of nitrogens with one attached hydrogen (secondary N) is 2. The Morgan fingerprint density at radius 3 is 1.86 bits per heavy atom. The van der Waals surface area contributed by atoms with Crippen molar-refractivity contribution < 1.29 is 4.42 Å². The third kappa shape index (κ3) is 5.30. The lowest BCUT2D eigenvalue weighted by Gasteiger charge is -2.32. The summed E-state index contributed by atoms with van der Waals surface area (Å²) < 4.78 is 11.5. The van der Waals surface area contributed by atoms with Crippen LogP contribution in [0.3, 0.4) is 0 Å². The van der Waals surface area contributed by atoms with E-state index in [1.54, 1.807) is 0 Å². The summed E-state index contributed by atoms with van der Waals surface area (Å²) in [5.41, 5.74) is 10.9. The zero-order valence-electron chi connectivity index (χ0n) is 30.7. The number of hydrogen-bond donors (Lipinski definition) is 2. The molecule has 270 valence electrons. The Hall–Kier alpha value is -6.99. The Bertz CT molecular complexity index is 3320. The number of para-hydroxylation sites is 2. The van der Waals surface area contributed by atoms with Gasteiger partial charge in [-0.2, -0.15) is 0 Å². The first-order chi connectivity index (χ1) is 28.2. The topological polar surface area (TPSA) is 54.5 Å². The van der Waals surface area contributed by atoms with Crippen LogP contribution in [0.25, 0.3) is 80.7 Å². The molecule has 11 aromatic rings. The smallest absolute Gasteiger partial charge is 0.137 e. The van der Waals surface area contributed by atoms with E-state index in [9.17, 15) is 0 Å². The van der Waals surface area contributed by atoms with Crippen LogP contribution in [-0.2, 0) is 0 Å². The fourth-order valence-electron chi connectivity index (χ4n) is 8.72. The Morgan fingerprint density at radius 2 is 1.09 bits per heavy atom. The van der Waals surface area contributed by atoms with Gasteiger partial charge in [-0.15, -0.1) is 11.3 Å². The first-order valence-corrected chi connectivity index (χ1v) is 20.2. The van der Waals surface area contributed by atoms with Crippen LogP contribution in [0.15, 0.2) is 191 Å². The van der Waals surface area contributed by atoms with E-state index in [0.29, 0.717) is 0 Å². The average Bonchev–Trinajstić information content (AvgIpc) is 3.95. The highest BCUT2D eigenvalue weighted by atomic mass is 32.1. The van der Waals surface area contributed by atoms with Crippen molar-refractivity contribution in [2.75, 3.05) is 0 Å². The van der Waals surface area contributed by atoms with E-state index in [2.05, 4.69) is 185 Å². The average molecular weight is 751 g/mol. The van der Waals surface area contributed by atoms with Gasteiger partial charge in [-0.3, -0.25) is 5.32 Å². The van der Waals surface area contributed by atoms with Gasteiger partial charge in [0.15, 0.2) is 0 Å². The molecular weight excluding hydrogens is 717 g/mol. The molecule has 2 N–H and O–H groups in total. The molecule has 12 rings (SSSR count). The molecule has 3 aromatic heterocycles. The summed E-state index contributed by atoms with van der Waals surface area (Å²) in [7, 11) is 0. The molecule has 0 aliphatic carbocycles. The van der Waals surface area contributed by atoms with Crippen molar-refractivity contribution in [3.05, 3.63) is 199 Å². The number of rotatable bonds is 5. The van der Waals surface area contributed by atoms with Crippen LogP contribution in [-0.4, -0.2) is 10.4 Å². The van der Waals surface area contributed by atoms with Gasteiger partial charge in [0.2, 0.25) is 0 Å². The number of fused-ring (bicyclic) bond motifs is 9. The first kappa shape index (κ1) is 32.3. The Balaban J connectivity index is 0.913. The summed E-state index contributed by atoms with van der Waals surface area (Å²) in [5.74, 6) is 0.884. The Morgan fingerprint density at radius 1 is 0.474 bits per heavy atom. The molecule has 5 nitrogen and oxygen atoms in total. The Kier molecular flexibility index (Phi) is 7.24. The molecule has 2 atom stereocenters. The molecule has 1 aliphatic heterocycles. The molecule has 0 spiro atoms. The lowest BCUT2D eigenvalue weighted by Crippen LogP contribution is -2.44. The second-order valence-corrected chi connectivity index (χ2v) is 15.9. The minimum Gasteiger partial charge on any atom is -0.456 e. The van der Waals surface area contributed by atoms with Crippen molar-refractivity contribution >= 4 is 81.1 Å². The quantitative estimate of drug-likeness (QED) is 0.184. The summed E-state index contributed by atoms with van der Waals surface area (Å²) >= 11 is 1.84. The SMILES string of the molecule is c1ccc(C2=NC(c3ccccc3)NC(c3ccc4sc5ccc(-c6ccc7c(c6)oc6cc(-n8c9ccccc9c9ccccc98)ccc67)cc5c4c3)N2)cc1. The minimum absolute atomic E-state index is 0.128. The zero-order chi connectivity index (χ0) is 37.5. The van der Waals surface area contributed by atoms with Crippen molar-refractivity contribution in [2.24, 2.45) is 4.99 Å². The molecule has 4 heterocycles. The van der Waals surface area contributed by atoms with E-state index in [0.717, 1.165) is 55.7 Å². The van der Waals surface area contributed by atoms with Crippen LogP contribution >= 0.6 is 11.3 Å². The summed E-state index contributed by atoms with van der Waals surface area (Å²) in [6.45, 7) is 0. The van der Waals surface area contributed by atoms with E-state index in [1.807, 2.05) is 23.5 Å². The molecule has 6 heteroatoms. The van der Waals surface area contributed by atoms with Gasteiger partial charge in [-0.05, 0) is 82.9 Å². The molecule has 57 heavy (non-hydrogen) atoms. The van der Waals surface area contributed by atoms with Crippen LogP contribution in [0, 0.1) is 0 Å². The third-order valence-corrected chi connectivity index (χ3v) is 12.6. The normalized spacial score (nSPS) is 15.9. The minimum atomic E-state index is -0.178. The van der Waals surface area contributed by atoms with E-state index >= 15 is 0 Å². The van der Waals surface area contributed by atoms with Gasteiger partial charge in [0, 0.05) is 59.0 Å². The van der Waals surface area contributed by atoms with Gasteiger partial charge in [-0.25, -0.2) is 4.99 Å². The van der Waals surface area contributed by atoms with E-state index in [-0.39, 0.29) is 12.3 Å². The number of hydrogen-bond acceptors (Lipinski definition) is 5. The number of furan rings is 1. The Labute approximate surface area is 332 Å². The van der Waals surface area contributed by atoms with Crippen molar-refractivity contribution in [1.29, 1.82) is 0 Å². The fourth-order valence-corrected chi connectivity index (χ4v) is 9.79. The lowest BCUT2D eigenvalue weighted by atomic mass is 10.00. The number of amidine groups is 1. The molecular formula is C51H34N4OS. The molecule has 1 aliphatic rings. The predicted molar refractivity (Wildman–Crippen MR) is 238 cm³/mol. The molecule has 0 radical (unpaired) electrons. The van der Waals surface area contributed by atoms with Crippen molar-refractivity contribution in [1.82, 2.24) is 15.2 Å². The highest BCUT2D eigenvalue weighted by molar-refractivity contribution is 7.25. The molecule has 8 aromatic carbocycles. The molecule has 0 fully saturated rings. The summed E-state index contributed by atoms with van der Waals surface area (Å²) in [5, 5.41) is 14.7. The maximum Gasteiger partial charge on any atom is 0.137 e. The highest BCUT2D eigenvalue weighted by Gasteiger charge is 2.26. The van der Waals surface area contributed by atoms with Gasteiger partial charge < -0.3 is 14.3 Å². The molecule has 2 unspecified atom stereocenters. The standard InChI is InChI=1S/C51H34N4OS/c1-3-11-31(12-4-1)49-52-50(32-13-5-2-6-14-32)54-51(53-49)35-21-26-48-42(28-35)41-27-33(20-25-47(41)57-48)34-19-23-39-40-24-22-36(30-46(40)56-45(39)29-34)55-43-17-9-7-15-37(43)38-16-8-10-18-44(38)55/h1-30,49,51,53H,(H,52,54). The van der Waals surface area contributed by atoms with E-state index in [4.69, 9.17) is 9.41 Å². The summed E-state index contributed by atoms with van der Waals surface area (Å²) in [6.07, 6.45) is -0.306. The van der Waals surface area contributed by atoms with Gasteiger partial charge in [0.25, 0.3) is 0 Å².